The van der Waals surface area contributed by atoms with Gasteiger partial charge in [-0.2, -0.15) is 0 Å². The van der Waals surface area contributed by atoms with Crippen molar-refractivity contribution in [2.24, 2.45) is 5.41 Å². The van der Waals surface area contributed by atoms with Gasteiger partial charge in [-0.1, -0.05) is 24.5 Å². The van der Waals surface area contributed by atoms with E-state index in [0.717, 1.165) is 24.9 Å². The van der Waals surface area contributed by atoms with Crippen molar-refractivity contribution in [3.05, 3.63) is 63.8 Å². The van der Waals surface area contributed by atoms with E-state index >= 15 is 0 Å². The number of hydrogen-bond acceptors (Lipinski definition) is 3. The van der Waals surface area contributed by atoms with E-state index in [1.54, 1.807) is 0 Å². The van der Waals surface area contributed by atoms with Crippen molar-refractivity contribution in [3.8, 4) is 12.3 Å². The second-order valence-electron chi connectivity index (χ2n) is 7.03. The van der Waals surface area contributed by atoms with Crippen LogP contribution in [0.3, 0.4) is 0 Å². The predicted octanol–water partition coefficient (Wildman–Crippen LogP) is 2.16. The molecular weight excluding hydrogens is 314 g/mol. The Bertz CT molecular complexity index is 904. The Morgan fingerprint density at radius 1 is 1.28 bits per heavy atom. The zero-order valence-corrected chi connectivity index (χ0v) is 13.9. The highest BCUT2D eigenvalue weighted by molar-refractivity contribution is 5.92. The molecule has 5 nitrogen and oxygen atoms in total. The van der Waals surface area contributed by atoms with Gasteiger partial charge >= 0.3 is 0 Å². The molecule has 1 aliphatic heterocycles. The molecule has 2 fully saturated rings. The smallest absolute Gasteiger partial charge is 0.272 e. The molecule has 1 aromatic heterocycles. The molecule has 2 heterocycles. The lowest BCUT2D eigenvalue weighted by Gasteiger charge is -2.43. The number of aromatic amines is 1. The van der Waals surface area contributed by atoms with Gasteiger partial charge in [0.15, 0.2) is 0 Å². The fraction of sp³-hybridized carbons (Fsp3) is 0.350. The quantitative estimate of drug-likeness (QED) is 0.857. The van der Waals surface area contributed by atoms with Crippen LogP contribution in [0.15, 0.2) is 41.5 Å². The lowest BCUT2D eigenvalue weighted by Crippen LogP contribution is -2.38. The van der Waals surface area contributed by atoms with E-state index in [0.29, 0.717) is 12.5 Å². The first-order valence-electron chi connectivity index (χ1n) is 8.51. The van der Waals surface area contributed by atoms with Crippen LogP contribution in [0.25, 0.3) is 0 Å². The third kappa shape index (κ3) is 2.64. The van der Waals surface area contributed by atoms with E-state index in [9.17, 15) is 9.59 Å². The monoisotopic (exact) mass is 333 g/mol. The van der Waals surface area contributed by atoms with Crippen molar-refractivity contribution in [2.45, 2.75) is 25.2 Å². The highest BCUT2D eigenvalue weighted by Crippen LogP contribution is 2.55. The maximum absolute atomic E-state index is 12.8. The molecule has 0 bridgehead atoms. The Labute approximate surface area is 146 Å². The first-order chi connectivity index (χ1) is 12.1. The fourth-order valence-corrected chi connectivity index (χ4v) is 4.19. The summed E-state index contributed by atoms with van der Waals surface area (Å²) in [5, 5.41) is 0. The predicted molar refractivity (Wildman–Crippen MR) is 94.2 cm³/mol. The lowest BCUT2D eigenvalue weighted by atomic mass is 9.61. The molecule has 0 radical (unpaired) electrons. The number of hydrogen-bond donors (Lipinski definition) is 1. The van der Waals surface area contributed by atoms with Gasteiger partial charge in [0, 0.05) is 24.6 Å². The number of nitrogens with one attached hydrogen (secondary N) is 1. The Kier molecular flexibility index (Phi) is 3.69. The largest absolute Gasteiger partial charge is 0.336 e. The zero-order valence-electron chi connectivity index (χ0n) is 13.9. The van der Waals surface area contributed by atoms with E-state index < -0.39 is 0 Å². The van der Waals surface area contributed by atoms with Gasteiger partial charge < -0.3 is 9.88 Å². The van der Waals surface area contributed by atoms with Crippen LogP contribution < -0.4 is 5.56 Å². The molecule has 126 valence electrons. The van der Waals surface area contributed by atoms with Gasteiger partial charge in [0.25, 0.3) is 11.5 Å². The summed E-state index contributed by atoms with van der Waals surface area (Å²) in [6, 6.07) is 8.09. The topological polar surface area (TPSA) is 66.1 Å². The molecule has 1 N–H and O–H groups in total. The minimum Gasteiger partial charge on any atom is -0.336 e. The molecule has 2 aromatic rings. The number of nitrogens with zero attached hydrogens (tertiary/aromatic N) is 2. The molecule has 1 aromatic carbocycles. The van der Waals surface area contributed by atoms with Crippen LogP contribution in [0.2, 0.25) is 0 Å². The molecule has 4 rings (SSSR count). The van der Waals surface area contributed by atoms with E-state index in [1.807, 2.05) is 17.0 Å². The second kappa shape index (κ2) is 5.89. The number of carbonyl (C=O) groups excluding carboxylic acids is 1. The first kappa shape index (κ1) is 15.6. The number of amides is 1. The fourth-order valence-electron chi connectivity index (χ4n) is 4.19. The van der Waals surface area contributed by atoms with Crippen molar-refractivity contribution in [3.63, 3.8) is 0 Å². The summed E-state index contributed by atoms with van der Waals surface area (Å²) in [5.74, 6) is 2.79. The molecule has 2 aliphatic rings. The Morgan fingerprint density at radius 3 is 2.64 bits per heavy atom. The van der Waals surface area contributed by atoms with Gasteiger partial charge in [0.1, 0.15) is 5.69 Å². The Hall–Kier alpha value is -2.87. The minimum atomic E-state index is -0.357. The van der Waals surface area contributed by atoms with Crippen LogP contribution in [0.1, 0.15) is 46.8 Å². The number of aromatic nitrogens is 2. The Morgan fingerprint density at radius 2 is 2.04 bits per heavy atom. The van der Waals surface area contributed by atoms with Gasteiger partial charge in [-0.15, -0.1) is 6.42 Å². The summed E-state index contributed by atoms with van der Waals surface area (Å²) < 4.78 is 0. The summed E-state index contributed by atoms with van der Waals surface area (Å²) in [7, 11) is 0. The van der Waals surface area contributed by atoms with Crippen molar-refractivity contribution < 1.29 is 4.79 Å². The van der Waals surface area contributed by atoms with Crippen LogP contribution in [0, 0.1) is 17.8 Å². The number of benzene rings is 1. The summed E-state index contributed by atoms with van der Waals surface area (Å²) in [6.07, 6.45) is 11.5. The average molecular weight is 333 g/mol. The standard InChI is InChI=1S/C20H19N3O2/c1-2-14-4-6-15(7-5-14)16-12-23(13-20(16)8-3-9-20)19(25)17-10-21-11-18(24)22-17/h1,4-7,10-11,16H,3,8-9,12-13H2,(H,22,24). The third-order valence-corrected chi connectivity index (χ3v) is 5.65. The summed E-state index contributed by atoms with van der Waals surface area (Å²) in [6.45, 7) is 1.38. The summed E-state index contributed by atoms with van der Waals surface area (Å²) in [4.78, 5) is 32.5. The lowest BCUT2D eigenvalue weighted by molar-refractivity contribution is 0.0719. The van der Waals surface area contributed by atoms with Crippen molar-refractivity contribution in [1.29, 1.82) is 0 Å². The molecule has 5 heteroatoms. The number of carbonyl (C=O) groups is 1. The van der Waals surface area contributed by atoms with Crippen LogP contribution >= 0.6 is 0 Å². The van der Waals surface area contributed by atoms with Crippen LogP contribution in [-0.4, -0.2) is 33.9 Å². The van der Waals surface area contributed by atoms with Gasteiger partial charge in [0.2, 0.25) is 0 Å². The Balaban J connectivity index is 1.62. The molecule has 1 spiro atoms. The van der Waals surface area contributed by atoms with Crippen molar-refractivity contribution >= 4 is 5.91 Å². The molecule has 1 atom stereocenters. The summed E-state index contributed by atoms with van der Waals surface area (Å²) in [5.41, 5.74) is 2.14. The van der Waals surface area contributed by atoms with Crippen molar-refractivity contribution in [2.75, 3.05) is 13.1 Å². The van der Waals surface area contributed by atoms with E-state index in [-0.39, 0.29) is 22.6 Å². The van der Waals surface area contributed by atoms with Gasteiger partial charge in [-0.25, -0.2) is 0 Å². The highest BCUT2D eigenvalue weighted by atomic mass is 16.2. The van der Waals surface area contributed by atoms with Gasteiger partial charge in [-0.05, 0) is 36.0 Å². The van der Waals surface area contributed by atoms with Crippen LogP contribution in [0.5, 0.6) is 0 Å². The normalized spacial score (nSPS) is 20.9. The average Bonchev–Trinajstić information content (AvgIpc) is 3.02. The number of H-pyrrole nitrogens is 1. The molecule has 1 saturated carbocycles. The maximum Gasteiger partial charge on any atom is 0.272 e. The van der Waals surface area contributed by atoms with E-state index in [2.05, 4.69) is 28.0 Å². The summed E-state index contributed by atoms with van der Waals surface area (Å²) >= 11 is 0. The molecule has 1 aliphatic carbocycles. The maximum atomic E-state index is 12.8. The van der Waals surface area contributed by atoms with E-state index in [4.69, 9.17) is 6.42 Å². The van der Waals surface area contributed by atoms with Crippen LogP contribution in [-0.2, 0) is 0 Å². The van der Waals surface area contributed by atoms with E-state index in [1.165, 1.54) is 24.4 Å². The first-order valence-corrected chi connectivity index (χ1v) is 8.51. The molecule has 1 amide bonds. The minimum absolute atomic E-state index is 0.149. The second-order valence-corrected chi connectivity index (χ2v) is 7.03. The molecule has 1 saturated heterocycles. The third-order valence-electron chi connectivity index (χ3n) is 5.65. The molecule has 25 heavy (non-hydrogen) atoms. The van der Waals surface area contributed by atoms with Gasteiger partial charge in [0.05, 0.1) is 12.4 Å². The van der Waals surface area contributed by atoms with Gasteiger partial charge in [-0.3, -0.25) is 14.6 Å². The SMILES string of the molecule is C#Cc1ccc(C2CN(C(=O)c3cncc(=O)[nH]3)CC23CCC3)cc1. The number of likely N-dealkylation sites (tertiary alicyclic amines) is 1. The number of rotatable bonds is 2. The molecular formula is C20H19N3O2. The van der Waals surface area contributed by atoms with Crippen LogP contribution in [0.4, 0.5) is 0 Å². The zero-order chi connectivity index (χ0) is 17.4. The highest BCUT2D eigenvalue weighted by Gasteiger charge is 2.52. The van der Waals surface area contributed by atoms with Crippen molar-refractivity contribution in [1.82, 2.24) is 14.9 Å². The number of terminal acetylenes is 1. The molecule has 1 unspecified atom stereocenters.